The van der Waals surface area contributed by atoms with Gasteiger partial charge in [0.25, 0.3) is 0 Å². The van der Waals surface area contributed by atoms with Crippen molar-refractivity contribution in [1.82, 2.24) is 0 Å². The Kier molecular flexibility index (Phi) is 6.43. The minimum atomic E-state index is -0.317. The molecular weight excluding hydrogens is 313 g/mol. The third kappa shape index (κ3) is 4.68. The molecule has 0 saturated heterocycles. The van der Waals surface area contributed by atoms with E-state index in [-0.39, 0.29) is 7.92 Å². The molecule has 126 valence electrons. The summed E-state index contributed by atoms with van der Waals surface area (Å²) in [6.45, 7) is 2.98. The van der Waals surface area contributed by atoms with Gasteiger partial charge in [-0.1, -0.05) is 74.0 Å². The normalized spacial score (nSPS) is 16.9. The highest BCUT2D eigenvalue weighted by molar-refractivity contribution is 7.73. The van der Waals surface area contributed by atoms with E-state index in [1.54, 1.807) is 0 Å². The van der Waals surface area contributed by atoms with E-state index >= 15 is 0 Å². The molecule has 2 aromatic rings. The third-order valence-electron chi connectivity index (χ3n) is 4.33. The monoisotopic (exact) mass is 339 g/mol. The molecule has 2 aromatic carbocycles. The van der Waals surface area contributed by atoms with Gasteiger partial charge in [0.15, 0.2) is 5.90 Å². The number of unbranched alkanes of at least 4 members (excludes halogenated alkanes) is 1. The minimum Gasteiger partial charge on any atom is -0.479 e. The van der Waals surface area contributed by atoms with Gasteiger partial charge in [-0.25, -0.2) is 4.99 Å². The van der Waals surface area contributed by atoms with E-state index in [9.17, 15) is 0 Å². The summed E-state index contributed by atoms with van der Waals surface area (Å²) < 4.78 is 5.77. The molecule has 1 aliphatic heterocycles. The first-order valence-electron chi connectivity index (χ1n) is 8.94. The third-order valence-corrected chi connectivity index (χ3v) is 6.88. The van der Waals surface area contributed by atoms with Crippen molar-refractivity contribution in [3.8, 4) is 0 Å². The van der Waals surface area contributed by atoms with Crippen LogP contribution >= 0.6 is 7.92 Å². The van der Waals surface area contributed by atoms with Crippen molar-refractivity contribution in [1.29, 1.82) is 0 Å². The van der Waals surface area contributed by atoms with E-state index in [0.29, 0.717) is 6.04 Å². The molecule has 1 heterocycles. The molecule has 0 aromatic heterocycles. The maximum absolute atomic E-state index is 5.77. The lowest BCUT2D eigenvalue weighted by Crippen LogP contribution is -2.17. The number of hydrogen-bond acceptors (Lipinski definition) is 2. The second-order valence-electron chi connectivity index (χ2n) is 6.20. The summed E-state index contributed by atoms with van der Waals surface area (Å²) in [5.41, 5.74) is 0. The van der Waals surface area contributed by atoms with Crippen LogP contribution in [-0.4, -0.2) is 24.7 Å². The number of hydrogen-bond donors (Lipinski definition) is 0. The largest absolute Gasteiger partial charge is 0.479 e. The van der Waals surface area contributed by atoms with Gasteiger partial charge >= 0.3 is 0 Å². The predicted octanol–water partition coefficient (Wildman–Crippen LogP) is 4.50. The van der Waals surface area contributed by atoms with Gasteiger partial charge in [-0.3, -0.25) is 0 Å². The Morgan fingerprint density at radius 3 is 2.21 bits per heavy atom. The minimum absolute atomic E-state index is 0.317. The fourth-order valence-corrected chi connectivity index (χ4v) is 5.42. The van der Waals surface area contributed by atoms with Crippen LogP contribution < -0.4 is 10.6 Å². The second-order valence-corrected chi connectivity index (χ2v) is 8.54. The van der Waals surface area contributed by atoms with Crippen molar-refractivity contribution in [2.24, 2.45) is 4.99 Å². The van der Waals surface area contributed by atoms with Crippen molar-refractivity contribution < 1.29 is 4.74 Å². The molecule has 0 bridgehead atoms. The number of aliphatic imine (C=N–C) groups is 1. The SMILES string of the molecule is CCCCC1=NC(CCP(c2ccccc2)c2ccccc2)CO1. The van der Waals surface area contributed by atoms with Crippen LogP contribution in [0.3, 0.4) is 0 Å². The second kappa shape index (κ2) is 8.99. The van der Waals surface area contributed by atoms with Crippen LogP contribution in [0, 0.1) is 0 Å². The topological polar surface area (TPSA) is 21.6 Å². The lowest BCUT2D eigenvalue weighted by molar-refractivity contribution is 0.307. The molecule has 0 spiro atoms. The average Bonchev–Trinajstić information content (AvgIpc) is 3.10. The number of benzene rings is 2. The van der Waals surface area contributed by atoms with Crippen LogP contribution in [0.2, 0.25) is 0 Å². The van der Waals surface area contributed by atoms with E-state index in [2.05, 4.69) is 67.6 Å². The smallest absolute Gasteiger partial charge is 0.183 e. The first-order valence-corrected chi connectivity index (χ1v) is 10.5. The molecule has 0 amide bonds. The molecular formula is C21H26NOP. The Labute approximate surface area is 146 Å². The van der Waals surface area contributed by atoms with Gasteiger partial charge in [0.1, 0.15) is 6.61 Å². The average molecular weight is 339 g/mol. The van der Waals surface area contributed by atoms with Gasteiger partial charge in [0.2, 0.25) is 0 Å². The lowest BCUT2D eigenvalue weighted by Gasteiger charge is -2.19. The van der Waals surface area contributed by atoms with Crippen LogP contribution in [0.4, 0.5) is 0 Å². The van der Waals surface area contributed by atoms with Crippen molar-refractivity contribution in [3.05, 3.63) is 60.7 Å². The Morgan fingerprint density at radius 1 is 1.00 bits per heavy atom. The van der Waals surface area contributed by atoms with Gasteiger partial charge in [-0.2, -0.15) is 0 Å². The molecule has 0 saturated carbocycles. The van der Waals surface area contributed by atoms with Crippen molar-refractivity contribution in [3.63, 3.8) is 0 Å². The highest BCUT2D eigenvalue weighted by Gasteiger charge is 2.21. The summed E-state index contributed by atoms with van der Waals surface area (Å²) in [7, 11) is -0.317. The van der Waals surface area contributed by atoms with Crippen molar-refractivity contribution in [2.75, 3.05) is 12.8 Å². The molecule has 1 aliphatic rings. The van der Waals surface area contributed by atoms with Crippen LogP contribution in [-0.2, 0) is 4.74 Å². The zero-order valence-electron chi connectivity index (χ0n) is 14.4. The van der Waals surface area contributed by atoms with Crippen LogP contribution in [0.5, 0.6) is 0 Å². The standard InChI is InChI=1S/C21H26NOP/c1-2-3-14-21-22-18(17-23-21)15-16-24(19-10-6-4-7-11-19)20-12-8-5-9-13-20/h4-13,18H,2-3,14-17H2,1H3. The van der Waals surface area contributed by atoms with E-state index < -0.39 is 0 Å². The Hall–Kier alpha value is -1.66. The molecule has 3 heteroatoms. The molecule has 3 rings (SSSR count). The van der Waals surface area contributed by atoms with Gasteiger partial charge in [-0.15, -0.1) is 0 Å². The summed E-state index contributed by atoms with van der Waals surface area (Å²) in [6, 6.07) is 22.2. The van der Waals surface area contributed by atoms with Crippen molar-refractivity contribution in [2.45, 2.75) is 38.6 Å². The fourth-order valence-electron chi connectivity index (χ4n) is 2.98. The molecule has 0 fully saturated rings. The number of nitrogens with zero attached hydrogens (tertiary/aromatic N) is 1. The van der Waals surface area contributed by atoms with Crippen LogP contribution in [0.1, 0.15) is 32.6 Å². The van der Waals surface area contributed by atoms with E-state index in [1.165, 1.54) is 29.6 Å². The number of rotatable bonds is 8. The molecule has 1 unspecified atom stereocenters. The number of ether oxygens (including phenoxy) is 1. The maximum atomic E-state index is 5.77. The summed E-state index contributed by atoms with van der Waals surface area (Å²) in [5, 5.41) is 2.90. The highest BCUT2D eigenvalue weighted by atomic mass is 31.1. The maximum Gasteiger partial charge on any atom is 0.183 e. The predicted molar refractivity (Wildman–Crippen MR) is 105 cm³/mol. The molecule has 1 atom stereocenters. The van der Waals surface area contributed by atoms with Crippen molar-refractivity contribution >= 4 is 24.4 Å². The molecule has 0 radical (unpaired) electrons. The summed E-state index contributed by atoms with van der Waals surface area (Å²) in [4.78, 5) is 4.79. The Balaban J connectivity index is 1.66. The zero-order valence-corrected chi connectivity index (χ0v) is 15.3. The molecule has 0 N–H and O–H groups in total. The first-order chi connectivity index (χ1) is 11.9. The molecule has 0 aliphatic carbocycles. The fraction of sp³-hybridized carbons (Fsp3) is 0.381. The summed E-state index contributed by atoms with van der Waals surface area (Å²) >= 11 is 0. The highest BCUT2D eigenvalue weighted by Crippen LogP contribution is 2.35. The summed E-state index contributed by atoms with van der Waals surface area (Å²) in [5.74, 6) is 0.977. The Bertz CT molecular complexity index is 602. The van der Waals surface area contributed by atoms with E-state index in [4.69, 9.17) is 9.73 Å². The first kappa shape index (κ1) is 17.2. The van der Waals surface area contributed by atoms with Gasteiger partial charge in [0.05, 0.1) is 6.04 Å². The van der Waals surface area contributed by atoms with E-state index in [1.807, 2.05) is 0 Å². The zero-order chi connectivity index (χ0) is 16.6. The quantitative estimate of drug-likeness (QED) is 0.649. The van der Waals surface area contributed by atoms with Gasteiger partial charge in [-0.05, 0) is 37.5 Å². The van der Waals surface area contributed by atoms with Gasteiger partial charge < -0.3 is 4.74 Å². The lowest BCUT2D eigenvalue weighted by atomic mass is 10.2. The summed E-state index contributed by atoms with van der Waals surface area (Å²) in [6.07, 6.45) is 5.64. The Morgan fingerprint density at radius 2 is 1.62 bits per heavy atom. The molecule has 2 nitrogen and oxygen atoms in total. The van der Waals surface area contributed by atoms with E-state index in [0.717, 1.165) is 25.3 Å². The van der Waals surface area contributed by atoms with Crippen LogP contribution in [0.15, 0.2) is 65.7 Å². The van der Waals surface area contributed by atoms with Crippen LogP contribution in [0.25, 0.3) is 0 Å². The van der Waals surface area contributed by atoms with Gasteiger partial charge in [0, 0.05) is 6.42 Å². The molecule has 24 heavy (non-hydrogen) atoms.